The number of esters is 1. The lowest BCUT2D eigenvalue weighted by atomic mass is 10.1. The molecule has 1 saturated heterocycles. The number of amides is 4. The van der Waals surface area contributed by atoms with Crippen LogP contribution in [0.5, 0.6) is 11.5 Å². The van der Waals surface area contributed by atoms with Crippen LogP contribution >= 0.6 is 22.6 Å². The van der Waals surface area contributed by atoms with Gasteiger partial charge in [-0.3, -0.25) is 14.9 Å². The molecule has 40 heavy (non-hydrogen) atoms. The first kappa shape index (κ1) is 28.8. The average molecular weight is 676 g/mol. The van der Waals surface area contributed by atoms with Crippen LogP contribution < -0.4 is 19.1 Å². The van der Waals surface area contributed by atoms with Gasteiger partial charge in [-0.1, -0.05) is 18.2 Å². The topological polar surface area (TPSA) is 145 Å². The summed E-state index contributed by atoms with van der Waals surface area (Å²) in [5.41, 5.74) is 0.275. The lowest BCUT2D eigenvalue weighted by molar-refractivity contribution is -0.122. The van der Waals surface area contributed by atoms with Gasteiger partial charge in [-0.15, -0.1) is 0 Å². The molecule has 1 aliphatic heterocycles. The second kappa shape index (κ2) is 11.9. The van der Waals surface area contributed by atoms with E-state index in [0.29, 0.717) is 9.13 Å². The zero-order valence-corrected chi connectivity index (χ0v) is 24.0. The molecule has 0 bridgehead atoms. The smallest absolute Gasteiger partial charge is 0.339 e. The van der Waals surface area contributed by atoms with Gasteiger partial charge in [-0.25, -0.2) is 14.5 Å². The SMILES string of the molecule is CCOc1cc(/C=C2\C(=O)NC(=O)N(c3ccc(C(=O)OC)cc3)C2=O)cc(I)c1OS(=O)(=O)c1ccccc1. The van der Waals surface area contributed by atoms with E-state index in [4.69, 9.17) is 8.92 Å². The van der Waals surface area contributed by atoms with Crippen LogP contribution in [0, 0.1) is 3.57 Å². The zero-order chi connectivity index (χ0) is 29.0. The summed E-state index contributed by atoms with van der Waals surface area (Å²) < 4.78 is 41.6. The molecule has 1 fully saturated rings. The van der Waals surface area contributed by atoms with Gasteiger partial charge in [-0.05, 0) is 89.7 Å². The number of methoxy groups -OCH3 is 1. The number of imide groups is 2. The third-order valence-corrected chi connectivity index (χ3v) is 7.55. The Morgan fingerprint density at radius 1 is 1.02 bits per heavy atom. The molecular weight excluding hydrogens is 655 g/mol. The minimum atomic E-state index is -4.18. The third kappa shape index (κ3) is 5.99. The lowest BCUT2D eigenvalue weighted by Gasteiger charge is -2.26. The minimum Gasteiger partial charge on any atom is -0.490 e. The number of hydrogen-bond acceptors (Lipinski definition) is 9. The second-order valence-electron chi connectivity index (χ2n) is 8.11. The van der Waals surface area contributed by atoms with E-state index in [1.165, 1.54) is 61.7 Å². The first-order valence-electron chi connectivity index (χ1n) is 11.6. The van der Waals surface area contributed by atoms with Crippen molar-refractivity contribution in [3.63, 3.8) is 0 Å². The van der Waals surface area contributed by atoms with E-state index in [1.54, 1.807) is 25.1 Å². The fraction of sp³-hybridized carbons (Fsp3) is 0.111. The highest BCUT2D eigenvalue weighted by Crippen LogP contribution is 2.37. The van der Waals surface area contributed by atoms with Crippen LogP contribution in [0.25, 0.3) is 6.08 Å². The van der Waals surface area contributed by atoms with E-state index in [1.807, 2.05) is 22.6 Å². The fourth-order valence-corrected chi connectivity index (χ4v) is 5.55. The van der Waals surface area contributed by atoms with Crippen molar-refractivity contribution < 1.29 is 41.3 Å². The van der Waals surface area contributed by atoms with Crippen LogP contribution in [0.1, 0.15) is 22.8 Å². The van der Waals surface area contributed by atoms with E-state index in [2.05, 4.69) is 10.1 Å². The molecular formula is C27H21IN2O9S. The van der Waals surface area contributed by atoms with Crippen molar-refractivity contribution >= 4 is 68.3 Å². The first-order valence-corrected chi connectivity index (χ1v) is 14.1. The Balaban J connectivity index is 1.70. The molecule has 0 saturated carbocycles. The van der Waals surface area contributed by atoms with Crippen molar-refractivity contribution in [1.82, 2.24) is 5.32 Å². The van der Waals surface area contributed by atoms with Gasteiger partial charge >= 0.3 is 22.1 Å². The van der Waals surface area contributed by atoms with Gasteiger partial charge < -0.3 is 13.7 Å². The van der Waals surface area contributed by atoms with E-state index >= 15 is 0 Å². The number of carbonyl (C=O) groups is 4. The van der Waals surface area contributed by atoms with Crippen molar-refractivity contribution in [2.24, 2.45) is 0 Å². The van der Waals surface area contributed by atoms with Crippen molar-refractivity contribution in [2.75, 3.05) is 18.6 Å². The third-order valence-electron chi connectivity index (χ3n) is 5.52. The molecule has 0 unspecified atom stereocenters. The molecule has 0 aliphatic carbocycles. The van der Waals surface area contributed by atoms with Crippen molar-refractivity contribution in [3.05, 3.63) is 87.0 Å². The molecule has 1 aliphatic rings. The molecule has 13 heteroatoms. The van der Waals surface area contributed by atoms with Crippen LogP contribution in [0.3, 0.4) is 0 Å². The number of nitrogens with one attached hydrogen (secondary N) is 1. The lowest BCUT2D eigenvalue weighted by Crippen LogP contribution is -2.54. The molecule has 206 valence electrons. The number of barbiturate groups is 1. The molecule has 4 rings (SSSR count). The highest BCUT2D eigenvalue weighted by molar-refractivity contribution is 14.1. The minimum absolute atomic E-state index is 0.0479. The first-order chi connectivity index (χ1) is 19.1. The highest BCUT2D eigenvalue weighted by atomic mass is 127. The molecule has 3 aromatic rings. The summed E-state index contributed by atoms with van der Waals surface area (Å²) in [6, 6.07) is 15.0. The van der Waals surface area contributed by atoms with Crippen molar-refractivity contribution in [2.45, 2.75) is 11.8 Å². The fourth-order valence-electron chi connectivity index (χ4n) is 3.68. The predicted molar refractivity (Wildman–Crippen MR) is 151 cm³/mol. The molecule has 1 N–H and O–H groups in total. The molecule has 0 spiro atoms. The molecule has 3 aromatic carbocycles. The Labute approximate surface area is 243 Å². The summed E-state index contributed by atoms with van der Waals surface area (Å²) in [6.45, 7) is 1.86. The molecule has 0 atom stereocenters. The summed E-state index contributed by atoms with van der Waals surface area (Å²) in [4.78, 5) is 50.9. The summed E-state index contributed by atoms with van der Waals surface area (Å²) in [5.74, 6) is -2.41. The molecule has 0 radical (unpaired) electrons. The zero-order valence-electron chi connectivity index (χ0n) is 21.0. The number of carbonyl (C=O) groups excluding carboxylic acids is 4. The summed E-state index contributed by atoms with van der Waals surface area (Å²) >= 11 is 1.86. The van der Waals surface area contributed by atoms with Crippen LogP contribution in [0.15, 0.2) is 77.2 Å². The Hall–Kier alpha value is -4.24. The van der Waals surface area contributed by atoms with Gasteiger partial charge in [-0.2, -0.15) is 8.42 Å². The normalized spacial score (nSPS) is 14.6. The maximum absolute atomic E-state index is 13.3. The largest absolute Gasteiger partial charge is 0.490 e. The van der Waals surface area contributed by atoms with Gasteiger partial charge in [0.2, 0.25) is 0 Å². The van der Waals surface area contributed by atoms with Crippen molar-refractivity contribution in [3.8, 4) is 11.5 Å². The average Bonchev–Trinajstić information content (AvgIpc) is 2.93. The summed E-state index contributed by atoms with van der Waals surface area (Å²) in [7, 11) is -2.96. The maximum Gasteiger partial charge on any atom is 0.339 e. The van der Waals surface area contributed by atoms with Gasteiger partial charge in [0.15, 0.2) is 11.5 Å². The number of ether oxygens (including phenoxy) is 2. The molecule has 11 nitrogen and oxygen atoms in total. The van der Waals surface area contributed by atoms with Gasteiger partial charge in [0.1, 0.15) is 10.5 Å². The number of nitrogens with zero attached hydrogens (tertiary/aromatic N) is 1. The molecule has 0 aromatic heterocycles. The van der Waals surface area contributed by atoms with Crippen molar-refractivity contribution in [1.29, 1.82) is 0 Å². The number of urea groups is 1. The van der Waals surface area contributed by atoms with E-state index < -0.39 is 33.9 Å². The van der Waals surface area contributed by atoms with Crippen LogP contribution in [-0.4, -0.2) is 45.9 Å². The predicted octanol–water partition coefficient (Wildman–Crippen LogP) is 3.91. The van der Waals surface area contributed by atoms with Crippen LogP contribution in [0.2, 0.25) is 0 Å². The van der Waals surface area contributed by atoms with Gasteiger partial charge in [0.05, 0.1) is 28.5 Å². The number of anilines is 1. The van der Waals surface area contributed by atoms with E-state index in [9.17, 15) is 27.6 Å². The number of halogens is 1. The van der Waals surface area contributed by atoms with E-state index in [-0.39, 0.29) is 39.8 Å². The number of rotatable bonds is 8. The number of hydrogen-bond donors (Lipinski definition) is 1. The standard InChI is InChI=1S/C27H21IN2O9S/c1-3-38-22-15-16(14-21(28)23(22)39-40(35,36)19-7-5-4-6-8-19)13-20-24(31)29-27(34)30(25(20)32)18-11-9-17(10-12-18)26(33)37-2/h4-15H,3H2,1-2H3,(H,29,31,34)/b20-13+. The van der Waals surface area contributed by atoms with Gasteiger partial charge in [0, 0.05) is 0 Å². The highest BCUT2D eigenvalue weighted by Gasteiger charge is 2.37. The Kier molecular flexibility index (Phi) is 8.54. The second-order valence-corrected chi connectivity index (χ2v) is 10.8. The Bertz CT molecular complexity index is 1640. The number of benzene rings is 3. The quantitative estimate of drug-likeness (QED) is 0.123. The van der Waals surface area contributed by atoms with E-state index in [0.717, 1.165) is 4.90 Å². The Morgan fingerprint density at radius 3 is 2.33 bits per heavy atom. The summed E-state index contributed by atoms with van der Waals surface area (Å²) in [5, 5.41) is 2.12. The maximum atomic E-state index is 13.3. The van der Waals surface area contributed by atoms with Crippen LogP contribution in [-0.2, 0) is 24.4 Å². The Morgan fingerprint density at radius 2 is 1.70 bits per heavy atom. The monoisotopic (exact) mass is 676 g/mol. The van der Waals surface area contributed by atoms with Crippen LogP contribution in [0.4, 0.5) is 10.5 Å². The summed E-state index contributed by atoms with van der Waals surface area (Å²) in [6.07, 6.45) is 1.25. The molecule has 4 amide bonds. The molecule has 1 heterocycles. The van der Waals surface area contributed by atoms with Gasteiger partial charge in [0.25, 0.3) is 11.8 Å².